The Hall–Kier alpha value is -2.50. The van der Waals surface area contributed by atoms with E-state index in [1.807, 2.05) is 0 Å². The average molecular weight is 220 g/mol. The van der Waals surface area contributed by atoms with Crippen LogP contribution in [0.4, 0.5) is 0 Å². The van der Waals surface area contributed by atoms with Crippen LogP contribution in [0.2, 0.25) is 0 Å². The molecule has 0 saturated heterocycles. The zero-order chi connectivity index (χ0) is 11.4. The molecule has 6 heteroatoms. The van der Waals surface area contributed by atoms with Gasteiger partial charge in [0.1, 0.15) is 11.4 Å². The van der Waals surface area contributed by atoms with Gasteiger partial charge >= 0.3 is 0 Å². The molecule has 0 atom stereocenters. The first kappa shape index (κ1) is 10.0. The van der Waals surface area contributed by atoms with E-state index in [4.69, 9.17) is 19.2 Å². The van der Waals surface area contributed by atoms with Crippen molar-refractivity contribution in [1.29, 1.82) is 0 Å². The van der Waals surface area contributed by atoms with Crippen molar-refractivity contribution in [2.75, 3.05) is 0 Å². The summed E-state index contributed by atoms with van der Waals surface area (Å²) in [5.74, 6) is 0. The van der Waals surface area contributed by atoms with Gasteiger partial charge in [-0.15, -0.1) is 0 Å². The van der Waals surface area contributed by atoms with Gasteiger partial charge in [-0.1, -0.05) is 10.3 Å². The fraction of sp³-hybridized carbons (Fsp3) is 0. The number of furan rings is 2. The fourth-order valence-corrected chi connectivity index (χ4v) is 1.28. The zero-order valence-corrected chi connectivity index (χ0v) is 8.07. The lowest BCUT2D eigenvalue weighted by Gasteiger charge is -2.01. The largest absolute Gasteiger partial charge is 0.472 e. The Labute approximate surface area is 90.1 Å². The Kier molecular flexibility index (Phi) is 2.73. The Balaban J connectivity index is 2.43. The molecule has 0 saturated carbocycles. The molecule has 16 heavy (non-hydrogen) atoms. The molecule has 0 radical (unpaired) electrons. The first-order chi connectivity index (χ1) is 7.86. The molecule has 0 bridgehead atoms. The molecule has 0 aliphatic rings. The minimum Gasteiger partial charge on any atom is -0.472 e. The standard InChI is InChI=1S/C10H8N2O4/c13-11-9(7-1-3-15-5-7)10(12-14)8-2-4-16-6-8/h1-6,13-14H/b11-9-,12-10+. The first-order valence-corrected chi connectivity index (χ1v) is 4.36. The van der Waals surface area contributed by atoms with Crippen LogP contribution >= 0.6 is 0 Å². The predicted molar refractivity (Wildman–Crippen MR) is 54.1 cm³/mol. The van der Waals surface area contributed by atoms with Gasteiger partial charge in [-0.05, 0) is 12.1 Å². The van der Waals surface area contributed by atoms with Crippen LogP contribution in [-0.4, -0.2) is 21.8 Å². The highest BCUT2D eigenvalue weighted by molar-refractivity contribution is 6.53. The molecular formula is C10H8N2O4. The van der Waals surface area contributed by atoms with E-state index in [0.717, 1.165) is 0 Å². The normalized spacial score (nSPS) is 13.0. The number of rotatable bonds is 3. The third-order valence-electron chi connectivity index (χ3n) is 2.01. The summed E-state index contributed by atoms with van der Waals surface area (Å²) in [5, 5.41) is 24.0. The molecule has 2 heterocycles. The van der Waals surface area contributed by atoms with Crippen LogP contribution in [0.5, 0.6) is 0 Å². The average Bonchev–Trinajstić information content (AvgIpc) is 2.97. The summed E-state index contributed by atoms with van der Waals surface area (Å²) < 4.78 is 9.71. The lowest BCUT2D eigenvalue weighted by atomic mass is 10.1. The van der Waals surface area contributed by atoms with Gasteiger partial charge in [0.05, 0.1) is 25.1 Å². The number of nitrogens with zero attached hydrogens (tertiary/aromatic N) is 2. The minimum atomic E-state index is 0.0950. The second-order valence-electron chi connectivity index (χ2n) is 2.92. The maximum atomic E-state index is 8.92. The molecule has 0 amide bonds. The summed E-state index contributed by atoms with van der Waals surface area (Å²) in [7, 11) is 0. The van der Waals surface area contributed by atoms with Crippen molar-refractivity contribution in [3.63, 3.8) is 0 Å². The van der Waals surface area contributed by atoms with Gasteiger partial charge in [-0.25, -0.2) is 0 Å². The van der Waals surface area contributed by atoms with E-state index in [0.29, 0.717) is 11.1 Å². The van der Waals surface area contributed by atoms with Crippen LogP contribution < -0.4 is 0 Å². The lowest BCUT2D eigenvalue weighted by molar-refractivity contribution is 0.314. The molecular weight excluding hydrogens is 212 g/mol. The second-order valence-corrected chi connectivity index (χ2v) is 2.92. The van der Waals surface area contributed by atoms with Crippen molar-refractivity contribution < 1.29 is 19.2 Å². The first-order valence-electron chi connectivity index (χ1n) is 4.36. The smallest absolute Gasteiger partial charge is 0.142 e. The van der Waals surface area contributed by atoms with Crippen LogP contribution in [0.3, 0.4) is 0 Å². The Morgan fingerprint density at radius 1 is 0.875 bits per heavy atom. The third kappa shape index (κ3) is 1.68. The van der Waals surface area contributed by atoms with Crippen molar-refractivity contribution in [2.45, 2.75) is 0 Å². The Morgan fingerprint density at radius 2 is 1.31 bits per heavy atom. The summed E-state index contributed by atoms with van der Waals surface area (Å²) >= 11 is 0. The third-order valence-corrected chi connectivity index (χ3v) is 2.01. The maximum Gasteiger partial charge on any atom is 0.142 e. The molecule has 0 unspecified atom stereocenters. The summed E-state index contributed by atoms with van der Waals surface area (Å²) in [6.45, 7) is 0. The lowest BCUT2D eigenvalue weighted by Crippen LogP contribution is -2.16. The Morgan fingerprint density at radius 3 is 1.56 bits per heavy atom. The molecule has 0 aliphatic carbocycles. The van der Waals surface area contributed by atoms with Crippen LogP contribution in [-0.2, 0) is 0 Å². The van der Waals surface area contributed by atoms with Gasteiger partial charge in [0, 0.05) is 11.1 Å². The van der Waals surface area contributed by atoms with Crippen molar-refractivity contribution >= 4 is 11.4 Å². The van der Waals surface area contributed by atoms with Gasteiger partial charge in [0.25, 0.3) is 0 Å². The predicted octanol–water partition coefficient (Wildman–Crippen LogP) is 1.93. The summed E-state index contributed by atoms with van der Waals surface area (Å²) in [5.41, 5.74) is 1.18. The fourth-order valence-electron chi connectivity index (χ4n) is 1.28. The molecule has 2 rings (SSSR count). The van der Waals surface area contributed by atoms with E-state index in [1.165, 1.54) is 25.1 Å². The SMILES string of the molecule is O/N=C(\C(=N\O)c1ccoc1)c1ccoc1. The van der Waals surface area contributed by atoms with Crippen LogP contribution in [0.1, 0.15) is 11.1 Å². The molecule has 6 nitrogen and oxygen atoms in total. The summed E-state index contributed by atoms with van der Waals surface area (Å²) in [4.78, 5) is 0. The molecule has 2 aromatic rings. The summed E-state index contributed by atoms with van der Waals surface area (Å²) in [6, 6.07) is 3.17. The van der Waals surface area contributed by atoms with Gasteiger partial charge in [0.15, 0.2) is 0 Å². The minimum absolute atomic E-state index is 0.0950. The van der Waals surface area contributed by atoms with E-state index in [-0.39, 0.29) is 11.4 Å². The van der Waals surface area contributed by atoms with E-state index >= 15 is 0 Å². The van der Waals surface area contributed by atoms with Crippen molar-refractivity contribution in [3.8, 4) is 0 Å². The molecule has 0 aromatic carbocycles. The summed E-state index contributed by atoms with van der Waals surface area (Å²) in [6.07, 6.45) is 5.59. The van der Waals surface area contributed by atoms with E-state index < -0.39 is 0 Å². The van der Waals surface area contributed by atoms with Gasteiger partial charge in [-0.3, -0.25) is 0 Å². The highest BCUT2D eigenvalue weighted by atomic mass is 16.4. The molecule has 0 spiro atoms. The van der Waals surface area contributed by atoms with E-state index in [9.17, 15) is 0 Å². The molecule has 0 fully saturated rings. The molecule has 2 N–H and O–H groups in total. The number of oxime groups is 2. The van der Waals surface area contributed by atoms with Gasteiger partial charge in [-0.2, -0.15) is 0 Å². The van der Waals surface area contributed by atoms with Gasteiger partial charge < -0.3 is 19.2 Å². The van der Waals surface area contributed by atoms with E-state index in [1.54, 1.807) is 12.1 Å². The van der Waals surface area contributed by atoms with Gasteiger partial charge in [0.2, 0.25) is 0 Å². The molecule has 2 aromatic heterocycles. The Bertz CT molecular complexity index is 449. The van der Waals surface area contributed by atoms with Crippen LogP contribution in [0, 0.1) is 0 Å². The van der Waals surface area contributed by atoms with Crippen molar-refractivity contribution in [1.82, 2.24) is 0 Å². The van der Waals surface area contributed by atoms with Crippen LogP contribution in [0.15, 0.2) is 56.3 Å². The molecule has 82 valence electrons. The highest BCUT2D eigenvalue weighted by Crippen LogP contribution is 2.10. The number of hydrogen-bond acceptors (Lipinski definition) is 6. The van der Waals surface area contributed by atoms with Crippen molar-refractivity contribution in [3.05, 3.63) is 48.3 Å². The monoisotopic (exact) mass is 220 g/mol. The quantitative estimate of drug-likeness (QED) is 0.469. The highest BCUT2D eigenvalue weighted by Gasteiger charge is 2.17. The van der Waals surface area contributed by atoms with E-state index in [2.05, 4.69) is 10.3 Å². The number of hydrogen-bond donors (Lipinski definition) is 2. The zero-order valence-electron chi connectivity index (χ0n) is 8.07. The topological polar surface area (TPSA) is 91.5 Å². The van der Waals surface area contributed by atoms with Crippen molar-refractivity contribution in [2.24, 2.45) is 10.3 Å². The van der Waals surface area contributed by atoms with Crippen LogP contribution in [0.25, 0.3) is 0 Å². The molecule has 0 aliphatic heterocycles. The second kappa shape index (κ2) is 4.35. The maximum absolute atomic E-state index is 8.92.